The Bertz CT molecular complexity index is 1090. The van der Waals surface area contributed by atoms with Gasteiger partial charge in [-0.15, -0.1) is 0 Å². The maximum absolute atomic E-state index is 11.3. The molecule has 9 heteroatoms. The second-order valence-electron chi connectivity index (χ2n) is 6.33. The zero-order chi connectivity index (χ0) is 19.8. The van der Waals surface area contributed by atoms with Gasteiger partial charge in [0.1, 0.15) is 0 Å². The summed E-state index contributed by atoms with van der Waals surface area (Å²) < 4.78 is 13.8. The Morgan fingerprint density at radius 3 is 2.68 bits per heavy atom. The third-order valence-electron chi connectivity index (χ3n) is 4.55. The number of non-ortho nitro benzene ring substituents is 1. The molecule has 0 radical (unpaired) electrons. The summed E-state index contributed by atoms with van der Waals surface area (Å²) in [4.78, 5) is 22.1. The molecule has 1 aliphatic rings. The van der Waals surface area contributed by atoms with Crippen molar-refractivity contribution in [1.29, 1.82) is 0 Å². The first-order valence-electron chi connectivity index (χ1n) is 8.47. The number of hydrogen-bond acceptors (Lipinski definition) is 5. The molecule has 28 heavy (non-hydrogen) atoms. The smallest absolute Gasteiger partial charge is 0.307 e. The number of carboxylic acids is 1. The van der Waals surface area contributed by atoms with Crippen LogP contribution in [-0.2, 0) is 20.7 Å². The van der Waals surface area contributed by atoms with Crippen LogP contribution >= 0.6 is 15.9 Å². The molecule has 1 N–H and O–H groups in total. The molecule has 0 amide bonds. The number of nitro groups is 1. The number of carboxylic acid groups (broad SMARTS) is 1. The van der Waals surface area contributed by atoms with Crippen molar-refractivity contribution in [3.63, 3.8) is 0 Å². The van der Waals surface area contributed by atoms with Gasteiger partial charge in [0.05, 0.1) is 35.8 Å². The van der Waals surface area contributed by atoms with Crippen molar-refractivity contribution >= 4 is 38.5 Å². The minimum atomic E-state index is -0.939. The molecule has 144 valence electrons. The fourth-order valence-electron chi connectivity index (χ4n) is 3.38. The van der Waals surface area contributed by atoms with Crippen molar-refractivity contribution in [2.75, 3.05) is 13.2 Å². The van der Waals surface area contributed by atoms with Crippen LogP contribution in [0.3, 0.4) is 0 Å². The van der Waals surface area contributed by atoms with Gasteiger partial charge in [-0.05, 0) is 29.8 Å². The van der Waals surface area contributed by atoms with Crippen LogP contribution in [0.2, 0.25) is 0 Å². The van der Waals surface area contributed by atoms with Crippen LogP contribution in [0.15, 0.2) is 47.1 Å². The van der Waals surface area contributed by atoms with Gasteiger partial charge in [-0.2, -0.15) is 0 Å². The van der Waals surface area contributed by atoms with Crippen LogP contribution < -0.4 is 0 Å². The van der Waals surface area contributed by atoms with Crippen molar-refractivity contribution in [2.45, 2.75) is 12.7 Å². The molecule has 3 aromatic rings. The van der Waals surface area contributed by atoms with Crippen LogP contribution in [0.5, 0.6) is 0 Å². The number of nitro benzene ring substituents is 1. The van der Waals surface area contributed by atoms with E-state index in [1.165, 1.54) is 12.1 Å². The highest BCUT2D eigenvalue weighted by molar-refractivity contribution is 9.10. The fourth-order valence-corrected chi connectivity index (χ4v) is 3.74. The Hall–Kier alpha value is -2.75. The lowest BCUT2D eigenvalue weighted by Gasteiger charge is -2.16. The predicted molar refractivity (Wildman–Crippen MR) is 104 cm³/mol. The van der Waals surface area contributed by atoms with Crippen molar-refractivity contribution < 1.29 is 24.3 Å². The number of fused-ring (bicyclic) bond motifs is 1. The minimum absolute atomic E-state index is 0.0668. The average molecular weight is 447 g/mol. The van der Waals surface area contributed by atoms with E-state index in [0.717, 1.165) is 15.4 Å². The van der Waals surface area contributed by atoms with Gasteiger partial charge >= 0.3 is 5.97 Å². The average Bonchev–Trinajstić information content (AvgIpc) is 3.29. The van der Waals surface area contributed by atoms with Crippen molar-refractivity contribution in [3.05, 3.63) is 68.3 Å². The number of aromatic nitrogens is 1. The molecule has 0 aliphatic carbocycles. The highest BCUT2D eigenvalue weighted by Crippen LogP contribution is 2.35. The van der Waals surface area contributed by atoms with Crippen LogP contribution in [0.1, 0.15) is 17.4 Å². The molecule has 0 saturated carbocycles. The molecule has 4 rings (SSSR count). The number of carbonyl (C=O) groups is 1. The molecule has 1 aromatic heterocycles. The van der Waals surface area contributed by atoms with Gasteiger partial charge in [-0.1, -0.05) is 15.9 Å². The molecular weight excluding hydrogens is 432 g/mol. The SMILES string of the molecule is O=C(O)Cc1cn(-c2ccc([N+](=O)[O-])cc2C2OCCO2)c2ccc(Br)cc12. The Kier molecular flexibility index (Phi) is 4.88. The number of rotatable bonds is 5. The number of halogens is 1. The fraction of sp³-hybridized carbons (Fsp3) is 0.211. The van der Waals surface area contributed by atoms with E-state index in [-0.39, 0.29) is 12.1 Å². The lowest BCUT2D eigenvalue weighted by molar-refractivity contribution is -0.385. The zero-order valence-corrected chi connectivity index (χ0v) is 16.1. The third-order valence-corrected chi connectivity index (χ3v) is 5.04. The molecular formula is C19H15BrN2O6. The molecule has 8 nitrogen and oxygen atoms in total. The summed E-state index contributed by atoms with van der Waals surface area (Å²) in [5.41, 5.74) is 2.52. The topological polar surface area (TPSA) is 104 Å². The second-order valence-corrected chi connectivity index (χ2v) is 7.25. The molecule has 1 fully saturated rings. The summed E-state index contributed by atoms with van der Waals surface area (Å²) in [6.07, 6.45) is 0.884. The number of ether oxygens (including phenoxy) is 2. The highest BCUT2D eigenvalue weighted by atomic mass is 79.9. The highest BCUT2D eigenvalue weighted by Gasteiger charge is 2.26. The Labute approximate surface area is 167 Å². The number of nitrogens with zero attached hydrogens (tertiary/aromatic N) is 2. The third kappa shape index (κ3) is 3.39. The summed E-state index contributed by atoms with van der Waals surface area (Å²) >= 11 is 3.42. The van der Waals surface area contributed by atoms with Gasteiger partial charge in [-0.3, -0.25) is 14.9 Å². The largest absolute Gasteiger partial charge is 0.481 e. The summed E-state index contributed by atoms with van der Waals surface area (Å²) in [5.74, 6) is -0.939. The van der Waals surface area contributed by atoms with Gasteiger partial charge in [0, 0.05) is 33.8 Å². The number of hydrogen-bond donors (Lipinski definition) is 1. The second kappa shape index (κ2) is 7.34. The number of benzene rings is 2. The van der Waals surface area contributed by atoms with Gasteiger partial charge in [0.2, 0.25) is 0 Å². The van der Waals surface area contributed by atoms with Crippen LogP contribution in [0.25, 0.3) is 16.6 Å². The minimum Gasteiger partial charge on any atom is -0.481 e. The van der Waals surface area contributed by atoms with Gasteiger partial charge < -0.3 is 19.1 Å². The summed E-state index contributed by atoms with van der Waals surface area (Å²) in [5, 5.41) is 21.3. The number of aliphatic carboxylic acids is 1. The molecule has 0 unspecified atom stereocenters. The molecule has 1 aliphatic heterocycles. The maximum atomic E-state index is 11.3. The van der Waals surface area contributed by atoms with E-state index in [0.29, 0.717) is 30.0 Å². The van der Waals surface area contributed by atoms with E-state index in [1.54, 1.807) is 12.3 Å². The standard InChI is InChI=1S/C19H15BrN2O6/c20-12-1-3-16-14(8-12)11(7-18(23)24)10-21(16)17-4-2-13(22(25)26)9-15(17)19-27-5-6-28-19/h1-4,8-10,19H,5-7H2,(H,23,24). The maximum Gasteiger partial charge on any atom is 0.307 e. The summed E-state index contributed by atoms with van der Waals surface area (Å²) in [6, 6.07) is 10.1. The van der Waals surface area contributed by atoms with Crippen molar-refractivity contribution in [3.8, 4) is 5.69 Å². The van der Waals surface area contributed by atoms with E-state index in [2.05, 4.69) is 15.9 Å². The molecule has 0 bridgehead atoms. The Morgan fingerprint density at radius 1 is 1.25 bits per heavy atom. The first kappa shape index (κ1) is 18.6. The van der Waals surface area contributed by atoms with Crippen molar-refractivity contribution in [1.82, 2.24) is 4.57 Å². The first-order chi connectivity index (χ1) is 13.4. The lowest BCUT2D eigenvalue weighted by Crippen LogP contribution is -2.06. The molecule has 2 aromatic carbocycles. The van der Waals surface area contributed by atoms with E-state index in [1.807, 2.05) is 22.8 Å². The first-order valence-corrected chi connectivity index (χ1v) is 9.26. The lowest BCUT2D eigenvalue weighted by atomic mass is 10.1. The molecule has 0 spiro atoms. The van der Waals surface area contributed by atoms with Crippen LogP contribution in [0.4, 0.5) is 5.69 Å². The van der Waals surface area contributed by atoms with Crippen LogP contribution in [0, 0.1) is 10.1 Å². The van der Waals surface area contributed by atoms with Crippen LogP contribution in [-0.4, -0.2) is 33.8 Å². The van der Waals surface area contributed by atoms with Gasteiger partial charge in [0.25, 0.3) is 5.69 Å². The molecule has 2 heterocycles. The van der Waals surface area contributed by atoms with E-state index >= 15 is 0 Å². The Morgan fingerprint density at radius 2 is 2.00 bits per heavy atom. The Balaban J connectivity index is 1.94. The van der Waals surface area contributed by atoms with Crippen molar-refractivity contribution in [2.24, 2.45) is 0 Å². The zero-order valence-electron chi connectivity index (χ0n) is 14.5. The predicted octanol–water partition coefficient (Wildman–Crippen LogP) is 3.97. The molecule has 0 atom stereocenters. The van der Waals surface area contributed by atoms with Gasteiger partial charge in [-0.25, -0.2) is 0 Å². The van der Waals surface area contributed by atoms with E-state index in [9.17, 15) is 20.0 Å². The van der Waals surface area contributed by atoms with E-state index < -0.39 is 17.2 Å². The quantitative estimate of drug-likeness (QED) is 0.469. The monoisotopic (exact) mass is 446 g/mol. The molecule has 1 saturated heterocycles. The van der Waals surface area contributed by atoms with E-state index in [4.69, 9.17) is 9.47 Å². The normalized spacial score (nSPS) is 14.6. The summed E-state index contributed by atoms with van der Waals surface area (Å²) in [6.45, 7) is 0.798. The van der Waals surface area contributed by atoms with Gasteiger partial charge in [0.15, 0.2) is 6.29 Å². The summed E-state index contributed by atoms with van der Waals surface area (Å²) in [7, 11) is 0.